The molecular formula is C16H12ClNO2. The Labute approximate surface area is 122 Å². The van der Waals surface area contributed by atoms with E-state index in [9.17, 15) is 4.79 Å². The van der Waals surface area contributed by atoms with Gasteiger partial charge in [-0.15, -0.1) is 0 Å². The van der Waals surface area contributed by atoms with Crippen LogP contribution in [-0.2, 0) is 4.74 Å². The largest absolute Gasteiger partial charge is 0.496 e. The van der Waals surface area contributed by atoms with E-state index >= 15 is 0 Å². The summed E-state index contributed by atoms with van der Waals surface area (Å²) < 4.78 is 5.46. The third-order valence-electron chi connectivity index (χ3n) is 3.27. The van der Waals surface area contributed by atoms with Crippen LogP contribution < -0.4 is 4.90 Å². The topological polar surface area (TPSA) is 29.5 Å². The number of carbonyl (C=O) groups excluding carboxylic acids is 1. The summed E-state index contributed by atoms with van der Waals surface area (Å²) in [5.41, 5.74) is 3.17. The molecule has 0 radical (unpaired) electrons. The molecule has 1 aliphatic rings. The molecule has 0 atom stereocenters. The monoisotopic (exact) mass is 285 g/mol. The molecule has 1 heterocycles. The number of halogens is 1. The average Bonchev–Trinajstić information content (AvgIpc) is 2.61. The number of para-hydroxylation sites is 2. The lowest BCUT2D eigenvalue weighted by Crippen LogP contribution is -2.20. The summed E-state index contributed by atoms with van der Waals surface area (Å²) >= 11 is 5.80. The van der Waals surface area contributed by atoms with E-state index in [0.717, 1.165) is 16.8 Å². The normalized spacial score (nSPS) is 12.9. The highest BCUT2D eigenvalue weighted by molar-refractivity contribution is 6.67. The summed E-state index contributed by atoms with van der Waals surface area (Å²) in [6.45, 7) is 0. The van der Waals surface area contributed by atoms with Crippen LogP contribution in [0.2, 0.25) is 0 Å². The van der Waals surface area contributed by atoms with Crippen molar-refractivity contribution in [2.24, 2.45) is 0 Å². The van der Waals surface area contributed by atoms with Crippen molar-refractivity contribution in [3.05, 3.63) is 59.7 Å². The maximum Gasteiger partial charge on any atom is 0.325 e. The first-order valence-corrected chi connectivity index (χ1v) is 6.54. The van der Waals surface area contributed by atoms with Crippen molar-refractivity contribution in [2.75, 3.05) is 12.0 Å². The van der Waals surface area contributed by atoms with Gasteiger partial charge >= 0.3 is 5.37 Å². The summed E-state index contributed by atoms with van der Waals surface area (Å²) in [7, 11) is 1.61. The second kappa shape index (κ2) is 5.02. The Bertz CT molecular complexity index is 709. The number of rotatable bonds is 1. The van der Waals surface area contributed by atoms with Crippen molar-refractivity contribution in [1.29, 1.82) is 0 Å². The van der Waals surface area contributed by atoms with Crippen molar-refractivity contribution >= 4 is 40.2 Å². The Morgan fingerprint density at radius 2 is 1.70 bits per heavy atom. The number of nitrogens with zero attached hydrogens (tertiary/aromatic N) is 1. The van der Waals surface area contributed by atoms with Crippen molar-refractivity contribution in [1.82, 2.24) is 0 Å². The molecule has 3 nitrogen and oxygen atoms in total. The van der Waals surface area contributed by atoms with Gasteiger partial charge in [0.2, 0.25) is 0 Å². The number of anilines is 2. The zero-order valence-corrected chi connectivity index (χ0v) is 11.6. The van der Waals surface area contributed by atoms with Crippen LogP contribution in [0.3, 0.4) is 0 Å². The molecule has 1 amide bonds. The predicted molar refractivity (Wildman–Crippen MR) is 81.2 cm³/mol. The van der Waals surface area contributed by atoms with Crippen LogP contribution in [0.1, 0.15) is 11.1 Å². The Balaban J connectivity index is 2.35. The summed E-state index contributed by atoms with van der Waals surface area (Å²) in [6.07, 6.45) is 1.91. The summed E-state index contributed by atoms with van der Waals surface area (Å²) in [6, 6.07) is 15.1. The summed E-state index contributed by atoms with van der Waals surface area (Å²) in [5, 5.41) is -0.546. The van der Waals surface area contributed by atoms with E-state index in [1.165, 1.54) is 4.90 Å². The van der Waals surface area contributed by atoms with Gasteiger partial charge in [0, 0.05) is 11.1 Å². The minimum atomic E-state index is -0.546. The van der Waals surface area contributed by atoms with Gasteiger partial charge in [-0.3, -0.25) is 9.69 Å². The van der Waals surface area contributed by atoms with Gasteiger partial charge in [0.15, 0.2) is 0 Å². The first-order chi connectivity index (χ1) is 9.72. The lowest BCUT2D eigenvalue weighted by atomic mass is 10.1. The fraction of sp³-hybridized carbons (Fsp3) is 0.0625. The molecule has 0 unspecified atom stereocenters. The molecule has 20 heavy (non-hydrogen) atoms. The summed E-state index contributed by atoms with van der Waals surface area (Å²) in [4.78, 5) is 13.4. The molecule has 0 saturated heterocycles. The number of ether oxygens (including phenoxy) is 1. The molecule has 0 aliphatic carbocycles. The number of fused-ring (bicyclic) bond motifs is 2. The molecule has 0 N–H and O–H groups in total. The number of benzene rings is 2. The molecule has 4 heteroatoms. The maximum absolute atomic E-state index is 11.9. The number of hydrogen-bond donors (Lipinski definition) is 0. The molecule has 100 valence electrons. The molecule has 0 bridgehead atoms. The van der Waals surface area contributed by atoms with Crippen LogP contribution in [-0.4, -0.2) is 12.5 Å². The molecule has 0 spiro atoms. The van der Waals surface area contributed by atoms with Gasteiger partial charge in [-0.2, -0.15) is 0 Å². The van der Waals surface area contributed by atoms with E-state index in [1.807, 2.05) is 54.6 Å². The summed E-state index contributed by atoms with van der Waals surface area (Å²) in [5.74, 6) is 0.702. The molecule has 0 aromatic heterocycles. The highest BCUT2D eigenvalue weighted by Crippen LogP contribution is 2.40. The molecule has 0 saturated carbocycles. The van der Waals surface area contributed by atoms with Crippen LogP contribution in [0.4, 0.5) is 16.2 Å². The Kier molecular flexibility index (Phi) is 3.20. The molecule has 3 rings (SSSR count). The minimum Gasteiger partial charge on any atom is -0.496 e. The Morgan fingerprint density at radius 1 is 1.05 bits per heavy atom. The quantitative estimate of drug-likeness (QED) is 0.564. The molecule has 0 fully saturated rings. The first-order valence-electron chi connectivity index (χ1n) is 6.16. The SMILES string of the molecule is COC1=Cc2ccccc2N(C(=O)Cl)c2ccccc21. The maximum atomic E-state index is 11.9. The van der Waals surface area contributed by atoms with E-state index in [1.54, 1.807) is 7.11 Å². The first kappa shape index (κ1) is 12.8. The van der Waals surface area contributed by atoms with E-state index < -0.39 is 5.37 Å². The van der Waals surface area contributed by atoms with Gasteiger partial charge in [-0.05, 0) is 35.9 Å². The molecular weight excluding hydrogens is 274 g/mol. The fourth-order valence-electron chi connectivity index (χ4n) is 2.40. The van der Waals surface area contributed by atoms with E-state index in [4.69, 9.17) is 16.3 Å². The van der Waals surface area contributed by atoms with Crippen molar-refractivity contribution in [2.45, 2.75) is 0 Å². The standard InChI is InChI=1S/C16H12ClNO2/c1-20-15-10-11-6-2-4-8-13(11)18(16(17)19)14-9-5-3-7-12(14)15/h2-10H,1H3. The molecule has 2 aromatic rings. The predicted octanol–water partition coefficient (Wildman–Crippen LogP) is 4.64. The van der Waals surface area contributed by atoms with Crippen LogP contribution in [0, 0.1) is 0 Å². The van der Waals surface area contributed by atoms with Crippen LogP contribution in [0.15, 0.2) is 48.5 Å². The smallest absolute Gasteiger partial charge is 0.325 e. The van der Waals surface area contributed by atoms with Gasteiger partial charge in [0.05, 0.1) is 18.5 Å². The third-order valence-corrected chi connectivity index (χ3v) is 3.44. The van der Waals surface area contributed by atoms with Crippen molar-refractivity contribution in [3.63, 3.8) is 0 Å². The van der Waals surface area contributed by atoms with Crippen molar-refractivity contribution in [3.8, 4) is 0 Å². The van der Waals surface area contributed by atoms with Gasteiger partial charge in [0.25, 0.3) is 0 Å². The lowest BCUT2D eigenvalue weighted by Gasteiger charge is -2.22. The van der Waals surface area contributed by atoms with Crippen molar-refractivity contribution < 1.29 is 9.53 Å². The molecule has 1 aliphatic heterocycles. The van der Waals surface area contributed by atoms with E-state index in [2.05, 4.69) is 0 Å². The second-order valence-electron chi connectivity index (χ2n) is 4.38. The highest BCUT2D eigenvalue weighted by atomic mass is 35.5. The minimum absolute atomic E-state index is 0.546. The number of methoxy groups -OCH3 is 1. The van der Waals surface area contributed by atoms with E-state index in [-0.39, 0.29) is 0 Å². The van der Waals surface area contributed by atoms with E-state index in [0.29, 0.717) is 11.4 Å². The fourth-order valence-corrected chi connectivity index (χ4v) is 2.58. The van der Waals surface area contributed by atoms with Crippen LogP contribution in [0.25, 0.3) is 11.8 Å². The molecule has 2 aromatic carbocycles. The zero-order valence-electron chi connectivity index (χ0n) is 10.8. The van der Waals surface area contributed by atoms with Crippen LogP contribution >= 0.6 is 11.6 Å². The van der Waals surface area contributed by atoms with Gasteiger partial charge in [-0.1, -0.05) is 30.3 Å². The van der Waals surface area contributed by atoms with Gasteiger partial charge in [-0.25, -0.2) is 0 Å². The van der Waals surface area contributed by atoms with Gasteiger partial charge < -0.3 is 4.74 Å². The second-order valence-corrected chi connectivity index (χ2v) is 4.70. The average molecular weight is 286 g/mol. The number of amides is 1. The Hall–Kier alpha value is -2.26. The highest BCUT2D eigenvalue weighted by Gasteiger charge is 2.25. The number of hydrogen-bond acceptors (Lipinski definition) is 2. The third kappa shape index (κ3) is 1.96. The van der Waals surface area contributed by atoms with Crippen LogP contribution in [0.5, 0.6) is 0 Å². The van der Waals surface area contributed by atoms with Gasteiger partial charge in [0.1, 0.15) is 5.76 Å². The Morgan fingerprint density at radius 3 is 2.40 bits per heavy atom. The number of carbonyl (C=O) groups is 1. The lowest BCUT2D eigenvalue weighted by molar-refractivity contribution is 0.266. The zero-order chi connectivity index (χ0) is 14.1.